The number of ketones is 1. The van der Waals surface area contributed by atoms with Crippen molar-refractivity contribution in [2.75, 3.05) is 14.1 Å². The van der Waals surface area contributed by atoms with Crippen LogP contribution in [0.5, 0.6) is 0 Å². The molecule has 0 saturated heterocycles. The monoisotopic (exact) mass is 223 g/mol. The van der Waals surface area contributed by atoms with Gasteiger partial charge in [-0.05, 0) is 20.8 Å². The Hall–Kier alpha value is -1.64. The molecule has 16 heavy (non-hydrogen) atoms. The highest BCUT2D eigenvalue weighted by Crippen LogP contribution is 1.92. The first-order valence-electron chi connectivity index (χ1n) is 5.00. The van der Waals surface area contributed by atoms with E-state index in [-0.39, 0.29) is 5.78 Å². The van der Waals surface area contributed by atoms with E-state index in [4.69, 9.17) is 0 Å². The Balaban J connectivity index is 0. The van der Waals surface area contributed by atoms with Crippen LogP contribution < -0.4 is 0 Å². The van der Waals surface area contributed by atoms with Crippen molar-refractivity contribution in [1.82, 2.24) is 4.90 Å². The second-order valence-electron chi connectivity index (χ2n) is 3.63. The van der Waals surface area contributed by atoms with Crippen molar-refractivity contribution >= 4 is 12.2 Å². The molecule has 0 heterocycles. The molecular formula is C13H21NO2. The van der Waals surface area contributed by atoms with Gasteiger partial charge in [-0.15, -0.1) is 0 Å². The van der Waals surface area contributed by atoms with Crippen molar-refractivity contribution in [2.24, 2.45) is 0 Å². The van der Waals surface area contributed by atoms with E-state index in [0.29, 0.717) is 0 Å². The summed E-state index contributed by atoms with van der Waals surface area (Å²) < 4.78 is 0. The van der Waals surface area contributed by atoms with Crippen LogP contribution in [-0.2, 0) is 9.59 Å². The average Bonchev–Trinajstić information content (AvgIpc) is 2.19. The minimum atomic E-state index is 0.167. The number of hydrogen-bond acceptors (Lipinski definition) is 2. The molecular weight excluding hydrogens is 202 g/mol. The molecule has 1 aromatic carbocycles. The predicted octanol–water partition coefficient (Wildman–Crippen LogP) is 2.29. The van der Waals surface area contributed by atoms with Gasteiger partial charge in [0.25, 0.3) is 0 Å². The fraction of sp³-hybridized carbons (Fsp3) is 0.385. The third-order valence-corrected chi connectivity index (χ3v) is 1.15. The standard InChI is InChI=1S/C7H8.C3H7NO.C3H6O/c1-7-5-3-2-4-6-7;1-4(2)3-5;1-3(2)4/h2-6H,1H3;3H,1-2H3;1-2H3. The van der Waals surface area contributed by atoms with Gasteiger partial charge in [0.2, 0.25) is 6.41 Å². The van der Waals surface area contributed by atoms with Gasteiger partial charge in [-0.25, -0.2) is 0 Å². The van der Waals surface area contributed by atoms with Crippen LogP contribution in [0.15, 0.2) is 30.3 Å². The van der Waals surface area contributed by atoms with Gasteiger partial charge < -0.3 is 9.69 Å². The molecule has 0 saturated carbocycles. The Labute approximate surface area is 98.1 Å². The summed E-state index contributed by atoms with van der Waals surface area (Å²) in [7, 11) is 3.38. The van der Waals surface area contributed by atoms with Crippen LogP contribution in [0, 0.1) is 6.92 Å². The fourth-order valence-corrected chi connectivity index (χ4v) is 0.534. The van der Waals surface area contributed by atoms with E-state index in [9.17, 15) is 9.59 Å². The lowest BCUT2D eigenvalue weighted by Gasteiger charge is -1.93. The van der Waals surface area contributed by atoms with Crippen LogP contribution in [0.2, 0.25) is 0 Å². The molecule has 3 heteroatoms. The molecule has 1 amide bonds. The number of hydrogen-bond donors (Lipinski definition) is 0. The van der Waals surface area contributed by atoms with Gasteiger partial charge in [0, 0.05) is 14.1 Å². The zero-order valence-electron chi connectivity index (χ0n) is 10.7. The highest BCUT2D eigenvalue weighted by atomic mass is 16.1. The van der Waals surface area contributed by atoms with Gasteiger partial charge in [0.15, 0.2) is 0 Å². The molecule has 90 valence electrons. The van der Waals surface area contributed by atoms with Gasteiger partial charge in [-0.2, -0.15) is 0 Å². The maximum atomic E-state index is 9.44. The van der Waals surface area contributed by atoms with Gasteiger partial charge >= 0.3 is 0 Å². The molecule has 0 aliphatic heterocycles. The van der Waals surface area contributed by atoms with Crippen molar-refractivity contribution in [3.8, 4) is 0 Å². The quantitative estimate of drug-likeness (QED) is 0.685. The minimum absolute atomic E-state index is 0.167. The lowest BCUT2D eigenvalue weighted by Crippen LogP contribution is -2.06. The highest BCUT2D eigenvalue weighted by molar-refractivity contribution is 5.72. The van der Waals surface area contributed by atoms with E-state index >= 15 is 0 Å². The molecule has 1 rings (SSSR count). The molecule has 1 aromatic rings. The molecule has 0 aromatic heterocycles. The van der Waals surface area contributed by atoms with Crippen molar-refractivity contribution in [3.63, 3.8) is 0 Å². The second-order valence-corrected chi connectivity index (χ2v) is 3.63. The van der Waals surface area contributed by atoms with Crippen LogP contribution in [0.4, 0.5) is 0 Å². The fourth-order valence-electron chi connectivity index (χ4n) is 0.534. The molecule has 0 fully saturated rings. The van der Waals surface area contributed by atoms with Crippen LogP contribution in [0.1, 0.15) is 19.4 Å². The third-order valence-electron chi connectivity index (χ3n) is 1.15. The summed E-state index contributed by atoms with van der Waals surface area (Å²) in [5, 5.41) is 0. The molecule has 0 unspecified atom stereocenters. The normalized spacial score (nSPS) is 7.56. The van der Waals surface area contributed by atoms with E-state index in [1.54, 1.807) is 14.1 Å². The van der Waals surface area contributed by atoms with Crippen LogP contribution in [0.25, 0.3) is 0 Å². The lowest BCUT2D eigenvalue weighted by atomic mass is 10.2. The number of nitrogens with zero attached hydrogens (tertiary/aromatic N) is 1. The second kappa shape index (κ2) is 11.4. The molecule has 0 N–H and O–H groups in total. The van der Waals surface area contributed by atoms with Gasteiger partial charge in [0.1, 0.15) is 5.78 Å². The molecule has 0 spiro atoms. The Bertz CT molecular complexity index is 277. The highest BCUT2D eigenvalue weighted by Gasteiger charge is 1.72. The summed E-state index contributed by atoms with van der Waals surface area (Å²) in [4.78, 5) is 20.3. The summed E-state index contributed by atoms with van der Waals surface area (Å²) in [5.74, 6) is 0.167. The van der Waals surface area contributed by atoms with Gasteiger partial charge in [0.05, 0.1) is 0 Å². The number of carbonyl (C=O) groups excluding carboxylic acids is 2. The number of Topliss-reactive ketones (excluding diaryl/α,β-unsaturated/α-hetero) is 1. The number of carbonyl (C=O) groups is 2. The van der Waals surface area contributed by atoms with Gasteiger partial charge in [-0.1, -0.05) is 35.9 Å². The molecule has 3 nitrogen and oxygen atoms in total. The van der Waals surface area contributed by atoms with Crippen molar-refractivity contribution < 1.29 is 9.59 Å². The van der Waals surface area contributed by atoms with Crippen molar-refractivity contribution in [1.29, 1.82) is 0 Å². The maximum Gasteiger partial charge on any atom is 0.209 e. The largest absolute Gasteiger partial charge is 0.351 e. The molecule has 0 atom stereocenters. The van der Waals surface area contributed by atoms with E-state index in [1.807, 2.05) is 18.2 Å². The van der Waals surface area contributed by atoms with Crippen LogP contribution in [0.3, 0.4) is 0 Å². The third kappa shape index (κ3) is 22.8. The minimum Gasteiger partial charge on any atom is -0.351 e. The molecule has 0 aliphatic carbocycles. The molecule has 0 bridgehead atoms. The number of amides is 1. The smallest absolute Gasteiger partial charge is 0.209 e. The van der Waals surface area contributed by atoms with Crippen LogP contribution in [-0.4, -0.2) is 31.2 Å². The SMILES string of the molecule is CC(C)=O.CN(C)C=O.Cc1ccccc1. The summed E-state index contributed by atoms with van der Waals surface area (Å²) >= 11 is 0. The Kier molecular flexibility index (Phi) is 12.0. The summed E-state index contributed by atoms with van der Waals surface area (Å²) in [6, 6.07) is 10.3. The average molecular weight is 223 g/mol. The Morgan fingerprint density at radius 2 is 1.44 bits per heavy atom. The van der Waals surface area contributed by atoms with Crippen LogP contribution >= 0.6 is 0 Å². The van der Waals surface area contributed by atoms with Gasteiger partial charge in [-0.3, -0.25) is 4.79 Å². The summed E-state index contributed by atoms with van der Waals surface area (Å²) in [6.07, 6.45) is 0.750. The Morgan fingerprint density at radius 1 is 1.12 bits per heavy atom. The van der Waals surface area contributed by atoms with E-state index in [1.165, 1.54) is 24.3 Å². The first kappa shape index (κ1) is 16.8. The zero-order chi connectivity index (χ0) is 13.0. The van der Waals surface area contributed by atoms with E-state index in [0.717, 1.165) is 6.41 Å². The van der Waals surface area contributed by atoms with Crippen molar-refractivity contribution in [2.45, 2.75) is 20.8 Å². The Morgan fingerprint density at radius 3 is 1.56 bits per heavy atom. The molecule has 0 aliphatic rings. The first-order valence-corrected chi connectivity index (χ1v) is 5.00. The molecule has 0 radical (unpaired) electrons. The van der Waals surface area contributed by atoms with Crippen molar-refractivity contribution in [3.05, 3.63) is 35.9 Å². The summed E-state index contributed by atoms with van der Waals surface area (Å²) in [5.41, 5.74) is 1.32. The lowest BCUT2D eigenvalue weighted by molar-refractivity contribution is -0.116. The first-order chi connectivity index (χ1) is 7.40. The predicted molar refractivity (Wildman–Crippen MR) is 67.3 cm³/mol. The van der Waals surface area contributed by atoms with E-state index < -0.39 is 0 Å². The van der Waals surface area contributed by atoms with E-state index in [2.05, 4.69) is 19.1 Å². The number of benzene rings is 1. The number of rotatable bonds is 1. The zero-order valence-corrected chi connectivity index (χ0v) is 10.7. The maximum absolute atomic E-state index is 9.44. The topological polar surface area (TPSA) is 37.4 Å². The number of aryl methyl sites for hydroxylation is 1. The summed E-state index contributed by atoms with van der Waals surface area (Å²) in [6.45, 7) is 5.14.